The molecule has 0 spiro atoms. The van der Waals surface area contributed by atoms with Gasteiger partial charge in [-0.1, -0.05) is 26.0 Å². The molecule has 1 fully saturated rings. The number of benzene rings is 1. The van der Waals surface area contributed by atoms with E-state index in [1.165, 1.54) is 5.56 Å². The molecule has 1 heterocycles. The fourth-order valence-corrected chi connectivity index (χ4v) is 2.44. The average Bonchev–Trinajstić information content (AvgIpc) is 2.46. The zero-order chi connectivity index (χ0) is 13.7. The third kappa shape index (κ3) is 4.05. The molecule has 0 radical (unpaired) electrons. The van der Waals surface area contributed by atoms with E-state index in [9.17, 15) is 0 Å². The molecular weight excluding hydrogens is 236 g/mol. The summed E-state index contributed by atoms with van der Waals surface area (Å²) < 4.78 is 5.78. The van der Waals surface area contributed by atoms with Gasteiger partial charge in [-0.25, -0.2) is 0 Å². The highest BCUT2D eigenvalue weighted by atomic mass is 16.5. The van der Waals surface area contributed by atoms with E-state index in [1.807, 2.05) is 24.3 Å². The topological polar surface area (TPSA) is 45.0 Å². The summed E-state index contributed by atoms with van der Waals surface area (Å²) in [6.07, 6.45) is 2.56. The summed E-state index contributed by atoms with van der Waals surface area (Å²) in [5, 5.41) is 12.4. The van der Waals surface area contributed by atoms with Crippen molar-refractivity contribution in [2.45, 2.75) is 45.4 Å². The number of rotatable bonds is 4. The van der Waals surface area contributed by atoms with Crippen molar-refractivity contribution in [1.82, 2.24) is 5.32 Å². The first kappa shape index (κ1) is 14.0. The van der Waals surface area contributed by atoms with Gasteiger partial charge in [0, 0.05) is 19.2 Å². The van der Waals surface area contributed by atoms with Gasteiger partial charge in [0.1, 0.15) is 0 Å². The Balaban J connectivity index is 1.83. The zero-order valence-corrected chi connectivity index (χ0v) is 11.7. The first-order valence-electron chi connectivity index (χ1n) is 7.03. The lowest BCUT2D eigenvalue weighted by Gasteiger charge is -2.32. The smallest absolute Gasteiger partial charge is 0.0991 e. The highest BCUT2D eigenvalue weighted by Gasteiger charge is 2.24. The van der Waals surface area contributed by atoms with Crippen LogP contribution in [0.5, 0.6) is 0 Å². The lowest BCUT2D eigenvalue weighted by Crippen LogP contribution is -2.40. The van der Waals surface area contributed by atoms with Gasteiger partial charge in [-0.2, -0.15) is 5.26 Å². The highest BCUT2D eigenvalue weighted by Crippen LogP contribution is 2.20. The van der Waals surface area contributed by atoms with Crippen LogP contribution >= 0.6 is 0 Å². The molecule has 2 rings (SSSR count). The monoisotopic (exact) mass is 258 g/mol. The molecular formula is C16H22N2O. The summed E-state index contributed by atoms with van der Waals surface area (Å²) in [5.74, 6) is 0.583. The van der Waals surface area contributed by atoms with Gasteiger partial charge in [-0.15, -0.1) is 0 Å². The molecule has 2 atom stereocenters. The molecule has 0 aliphatic carbocycles. The van der Waals surface area contributed by atoms with Crippen LogP contribution in [0.2, 0.25) is 0 Å². The maximum atomic E-state index is 8.76. The van der Waals surface area contributed by atoms with Gasteiger partial charge in [-0.3, -0.25) is 0 Å². The lowest BCUT2D eigenvalue weighted by molar-refractivity contribution is -0.0245. The summed E-state index contributed by atoms with van der Waals surface area (Å²) in [6, 6.07) is 10.5. The van der Waals surface area contributed by atoms with E-state index < -0.39 is 0 Å². The lowest BCUT2D eigenvalue weighted by atomic mass is 9.95. The van der Waals surface area contributed by atoms with Crippen molar-refractivity contribution in [1.29, 1.82) is 5.26 Å². The van der Waals surface area contributed by atoms with Gasteiger partial charge in [0.15, 0.2) is 0 Å². The molecule has 1 aliphatic rings. The highest BCUT2D eigenvalue weighted by molar-refractivity contribution is 5.31. The van der Waals surface area contributed by atoms with Gasteiger partial charge in [-0.05, 0) is 36.5 Å². The van der Waals surface area contributed by atoms with E-state index in [4.69, 9.17) is 10.00 Å². The Labute approximate surface area is 115 Å². The maximum Gasteiger partial charge on any atom is 0.0991 e. The predicted molar refractivity (Wildman–Crippen MR) is 75.6 cm³/mol. The van der Waals surface area contributed by atoms with E-state index in [-0.39, 0.29) is 0 Å². The summed E-state index contributed by atoms with van der Waals surface area (Å²) in [7, 11) is 0. The number of hydrogen-bond acceptors (Lipinski definition) is 3. The van der Waals surface area contributed by atoms with Gasteiger partial charge in [0.25, 0.3) is 0 Å². The van der Waals surface area contributed by atoms with Gasteiger partial charge in [0.2, 0.25) is 0 Å². The quantitative estimate of drug-likeness (QED) is 0.903. The van der Waals surface area contributed by atoms with Crippen LogP contribution in [-0.2, 0) is 11.3 Å². The molecule has 0 aromatic heterocycles. The molecule has 1 saturated heterocycles. The van der Waals surface area contributed by atoms with Gasteiger partial charge < -0.3 is 10.1 Å². The molecule has 1 aromatic carbocycles. The molecule has 1 aliphatic heterocycles. The molecule has 1 aromatic rings. The normalized spacial score (nSPS) is 23.3. The first-order valence-corrected chi connectivity index (χ1v) is 7.03. The second kappa shape index (κ2) is 6.70. The summed E-state index contributed by atoms with van der Waals surface area (Å²) >= 11 is 0. The van der Waals surface area contributed by atoms with Crippen molar-refractivity contribution in [3.05, 3.63) is 35.4 Å². The molecule has 3 heteroatoms. The molecule has 2 unspecified atom stereocenters. The molecule has 102 valence electrons. The summed E-state index contributed by atoms with van der Waals surface area (Å²) in [4.78, 5) is 0. The van der Waals surface area contributed by atoms with Gasteiger partial charge in [0.05, 0.1) is 17.7 Å². The number of nitrogens with zero attached hydrogens (tertiary/aromatic N) is 1. The van der Waals surface area contributed by atoms with E-state index in [2.05, 4.69) is 25.2 Å². The molecule has 0 bridgehead atoms. The summed E-state index contributed by atoms with van der Waals surface area (Å²) in [6.45, 7) is 6.15. The third-order valence-electron chi connectivity index (χ3n) is 3.74. The zero-order valence-electron chi connectivity index (χ0n) is 11.7. The van der Waals surface area contributed by atoms with Crippen molar-refractivity contribution >= 4 is 0 Å². The number of hydrogen-bond donors (Lipinski definition) is 1. The Morgan fingerprint density at radius 2 is 2.11 bits per heavy atom. The SMILES string of the molecule is CC(C)C1CC(NCc2ccc(C#N)cc2)CCO1. The van der Waals surface area contributed by atoms with Crippen molar-refractivity contribution < 1.29 is 4.74 Å². The third-order valence-corrected chi connectivity index (χ3v) is 3.74. The minimum Gasteiger partial charge on any atom is -0.378 e. The van der Waals surface area contributed by atoms with Crippen LogP contribution in [0.25, 0.3) is 0 Å². The second-order valence-electron chi connectivity index (χ2n) is 5.56. The second-order valence-corrected chi connectivity index (χ2v) is 5.56. The fourth-order valence-electron chi connectivity index (χ4n) is 2.44. The van der Waals surface area contributed by atoms with Crippen LogP contribution in [0, 0.1) is 17.2 Å². The Hall–Kier alpha value is -1.37. The van der Waals surface area contributed by atoms with Gasteiger partial charge >= 0.3 is 0 Å². The van der Waals surface area contributed by atoms with Crippen molar-refractivity contribution in [3.63, 3.8) is 0 Å². The van der Waals surface area contributed by atoms with Crippen LogP contribution in [0.4, 0.5) is 0 Å². The first-order chi connectivity index (χ1) is 9.19. The van der Waals surface area contributed by atoms with E-state index >= 15 is 0 Å². The molecule has 0 amide bonds. The van der Waals surface area contributed by atoms with E-state index in [0.29, 0.717) is 18.1 Å². The van der Waals surface area contributed by atoms with Crippen molar-refractivity contribution in [3.8, 4) is 6.07 Å². The summed E-state index contributed by atoms with van der Waals surface area (Å²) in [5.41, 5.74) is 1.95. The predicted octanol–water partition coefficient (Wildman–Crippen LogP) is 2.85. The Bertz CT molecular complexity index is 433. The van der Waals surface area contributed by atoms with Crippen molar-refractivity contribution in [2.24, 2.45) is 5.92 Å². The molecule has 0 saturated carbocycles. The fraction of sp³-hybridized carbons (Fsp3) is 0.562. The largest absolute Gasteiger partial charge is 0.378 e. The Kier molecular flexibility index (Phi) is 4.95. The molecule has 19 heavy (non-hydrogen) atoms. The number of nitriles is 1. The maximum absolute atomic E-state index is 8.76. The van der Waals surface area contributed by atoms with E-state index in [0.717, 1.165) is 31.6 Å². The molecule has 1 N–H and O–H groups in total. The average molecular weight is 258 g/mol. The minimum absolute atomic E-state index is 0.382. The molecule has 3 nitrogen and oxygen atoms in total. The number of ether oxygens (including phenoxy) is 1. The van der Waals surface area contributed by atoms with Crippen LogP contribution in [-0.4, -0.2) is 18.8 Å². The Morgan fingerprint density at radius 3 is 2.74 bits per heavy atom. The van der Waals surface area contributed by atoms with Crippen molar-refractivity contribution in [2.75, 3.05) is 6.61 Å². The Morgan fingerprint density at radius 1 is 1.37 bits per heavy atom. The van der Waals surface area contributed by atoms with E-state index in [1.54, 1.807) is 0 Å². The minimum atomic E-state index is 0.382. The number of nitrogens with one attached hydrogen (secondary N) is 1. The van der Waals surface area contributed by atoms with Crippen LogP contribution in [0.3, 0.4) is 0 Å². The van der Waals surface area contributed by atoms with Crippen LogP contribution in [0.1, 0.15) is 37.8 Å². The van der Waals surface area contributed by atoms with Crippen LogP contribution < -0.4 is 5.32 Å². The van der Waals surface area contributed by atoms with Crippen LogP contribution in [0.15, 0.2) is 24.3 Å². The standard InChI is InChI=1S/C16H22N2O/c1-12(2)16-9-15(7-8-19-16)18-11-14-5-3-13(10-17)4-6-14/h3-6,12,15-16,18H,7-9,11H2,1-2H3.